The first kappa shape index (κ1) is 16.4. The highest BCUT2D eigenvalue weighted by Gasteiger charge is 2.23. The summed E-state index contributed by atoms with van der Waals surface area (Å²) in [4.78, 5) is 11.8. The molecule has 0 radical (unpaired) electrons. The predicted octanol–water partition coefficient (Wildman–Crippen LogP) is 3.13. The van der Waals surface area contributed by atoms with Crippen molar-refractivity contribution in [2.24, 2.45) is 5.92 Å². The van der Waals surface area contributed by atoms with Crippen LogP contribution >= 0.6 is 0 Å². The van der Waals surface area contributed by atoms with Crippen LogP contribution in [-0.4, -0.2) is 24.7 Å². The number of nitrogens with one attached hydrogen (secondary N) is 1. The van der Waals surface area contributed by atoms with Crippen LogP contribution in [0.3, 0.4) is 0 Å². The van der Waals surface area contributed by atoms with Crippen LogP contribution in [0, 0.1) is 5.92 Å². The molecule has 0 heterocycles. The Labute approximate surface area is 106 Å². The summed E-state index contributed by atoms with van der Waals surface area (Å²) in [6, 6.07) is 0.224. The van der Waals surface area contributed by atoms with Crippen molar-refractivity contribution in [3.8, 4) is 0 Å². The monoisotopic (exact) mass is 243 g/mol. The molecule has 0 fully saturated rings. The third kappa shape index (κ3) is 6.06. The first-order valence-electron chi connectivity index (χ1n) is 7.03. The molecule has 0 aromatic rings. The topological polar surface area (TPSA) is 38.3 Å². The molecule has 1 N–H and O–H groups in total. The molecule has 0 aliphatic carbocycles. The van der Waals surface area contributed by atoms with E-state index in [1.807, 2.05) is 6.92 Å². The number of carbonyl (C=O) groups is 1. The van der Waals surface area contributed by atoms with E-state index in [1.165, 1.54) is 0 Å². The van der Waals surface area contributed by atoms with Gasteiger partial charge in [-0.3, -0.25) is 4.79 Å². The molecule has 0 bridgehead atoms. The number of carbonyl (C=O) groups excluding carboxylic acids is 1. The van der Waals surface area contributed by atoms with Crippen molar-refractivity contribution >= 4 is 5.97 Å². The van der Waals surface area contributed by atoms with E-state index in [4.69, 9.17) is 4.74 Å². The Hall–Kier alpha value is -0.570. The quantitative estimate of drug-likeness (QED) is 0.632. The fourth-order valence-electron chi connectivity index (χ4n) is 2.25. The van der Waals surface area contributed by atoms with Crippen molar-refractivity contribution in [2.45, 2.75) is 72.4 Å². The largest absolute Gasteiger partial charge is 0.465 e. The summed E-state index contributed by atoms with van der Waals surface area (Å²) < 4.78 is 5.10. The summed E-state index contributed by atoms with van der Waals surface area (Å²) in [5.41, 5.74) is 0. The van der Waals surface area contributed by atoms with Gasteiger partial charge in [0.25, 0.3) is 0 Å². The smallest absolute Gasteiger partial charge is 0.323 e. The summed E-state index contributed by atoms with van der Waals surface area (Å²) in [7, 11) is 0. The maximum absolute atomic E-state index is 11.8. The molecule has 3 nitrogen and oxygen atoms in total. The van der Waals surface area contributed by atoms with Crippen molar-refractivity contribution in [1.82, 2.24) is 5.32 Å². The number of hydrogen-bond donors (Lipinski definition) is 1. The average molecular weight is 243 g/mol. The number of ether oxygens (including phenoxy) is 1. The fraction of sp³-hybridized carbons (Fsp3) is 0.929. The standard InChI is InChI=1S/C14H29NO2/c1-6-10-13(14(16)17-9-4)15-11(5)12(7-2)8-3/h11-13,15H,6-10H2,1-5H3. The van der Waals surface area contributed by atoms with E-state index < -0.39 is 0 Å². The van der Waals surface area contributed by atoms with E-state index >= 15 is 0 Å². The second-order valence-electron chi connectivity index (χ2n) is 4.63. The van der Waals surface area contributed by atoms with Crippen LogP contribution < -0.4 is 5.32 Å². The Morgan fingerprint density at radius 1 is 1.18 bits per heavy atom. The number of esters is 1. The first-order chi connectivity index (χ1) is 8.10. The van der Waals surface area contributed by atoms with Gasteiger partial charge in [-0.05, 0) is 26.2 Å². The lowest BCUT2D eigenvalue weighted by atomic mass is 9.94. The van der Waals surface area contributed by atoms with Gasteiger partial charge in [-0.2, -0.15) is 0 Å². The Bertz CT molecular complexity index is 202. The van der Waals surface area contributed by atoms with Gasteiger partial charge in [-0.25, -0.2) is 0 Å². The fourth-order valence-corrected chi connectivity index (χ4v) is 2.25. The van der Waals surface area contributed by atoms with E-state index in [1.54, 1.807) is 0 Å². The van der Waals surface area contributed by atoms with Crippen molar-refractivity contribution < 1.29 is 9.53 Å². The van der Waals surface area contributed by atoms with Gasteiger partial charge in [-0.1, -0.05) is 40.0 Å². The Balaban J connectivity index is 4.36. The van der Waals surface area contributed by atoms with E-state index in [0.717, 1.165) is 25.7 Å². The SMILES string of the molecule is CCCC(NC(C)C(CC)CC)C(=O)OCC. The zero-order valence-corrected chi connectivity index (χ0v) is 12.1. The van der Waals surface area contributed by atoms with Crippen LogP contribution in [0.25, 0.3) is 0 Å². The zero-order chi connectivity index (χ0) is 13.3. The van der Waals surface area contributed by atoms with E-state index in [9.17, 15) is 4.79 Å². The highest BCUT2D eigenvalue weighted by Crippen LogP contribution is 2.14. The van der Waals surface area contributed by atoms with Gasteiger partial charge < -0.3 is 10.1 Å². The Morgan fingerprint density at radius 3 is 2.18 bits per heavy atom. The van der Waals surface area contributed by atoms with Gasteiger partial charge in [0.15, 0.2) is 0 Å². The maximum Gasteiger partial charge on any atom is 0.323 e. The normalized spacial score (nSPS) is 14.7. The van der Waals surface area contributed by atoms with Gasteiger partial charge >= 0.3 is 5.97 Å². The molecule has 0 aromatic heterocycles. The molecule has 2 unspecified atom stereocenters. The average Bonchev–Trinajstić information content (AvgIpc) is 2.30. The molecule has 2 atom stereocenters. The first-order valence-corrected chi connectivity index (χ1v) is 7.03. The van der Waals surface area contributed by atoms with Gasteiger partial charge in [0, 0.05) is 6.04 Å². The molecular weight excluding hydrogens is 214 g/mol. The molecule has 0 rings (SSSR count). The van der Waals surface area contributed by atoms with Crippen LogP contribution in [-0.2, 0) is 9.53 Å². The summed E-state index contributed by atoms with van der Waals surface area (Å²) in [6.07, 6.45) is 4.13. The van der Waals surface area contributed by atoms with Crippen LogP contribution in [0.15, 0.2) is 0 Å². The lowest BCUT2D eigenvalue weighted by molar-refractivity contribution is -0.146. The Kier molecular flexibility index (Phi) is 9.14. The molecule has 0 saturated carbocycles. The van der Waals surface area contributed by atoms with Crippen LogP contribution in [0.5, 0.6) is 0 Å². The van der Waals surface area contributed by atoms with Crippen molar-refractivity contribution in [3.05, 3.63) is 0 Å². The second kappa shape index (κ2) is 9.46. The van der Waals surface area contributed by atoms with Crippen LogP contribution in [0.2, 0.25) is 0 Å². The molecule has 0 amide bonds. The Morgan fingerprint density at radius 2 is 1.76 bits per heavy atom. The molecule has 0 aliphatic heterocycles. The highest BCUT2D eigenvalue weighted by atomic mass is 16.5. The van der Waals surface area contributed by atoms with E-state index in [-0.39, 0.29) is 12.0 Å². The van der Waals surface area contributed by atoms with E-state index in [2.05, 4.69) is 33.0 Å². The highest BCUT2D eigenvalue weighted by molar-refractivity contribution is 5.75. The zero-order valence-electron chi connectivity index (χ0n) is 12.1. The molecule has 0 saturated heterocycles. The van der Waals surface area contributed by atoms with Crippen molar-refractivity contribution in [2.75, 3.05) is 6.61 Å². The third-order valence-corrected chi connectivity index (χ3v) is 3.37. The lowest BCUT2D eigenvalue weighted by Crippen LogP contribution is -2.45. The molecule has 102 valence electrons. The molecule has 0 aliphatic rings. The van der Waals surface area contributed by atoms with Crippen molar-refractivity contribution in [1.29, 1.82) is 0 Å². The van der Waals surface area contributed by atoms with Gasteiger partial charge in [0.2, 0.25) is 0 Å². The molecule has 17 heavy (non-hydrogen) atoms. The second-order valence-corrected chi connectivity index (χ2v) is 4.63. The lowest BCUT2D eigenvalue weighted by Gasteiger charge is -2.27. The van der Waals surface area contributed by atoms with Gasteiger partial charge in [-0.15, -0.1) is 0 Å². The molecule has 0 spiro atoms. The summed E-state index contributed by atoms with van der Waals surface area (Å²) in [5, 5.41) is 3.43. The van der Waals surface area contributed by atoms with Gasteiger partial charge in [0.1, 0.15) is 6.04 Å². The molecule has 0 aromatic carbocycles. The predicted molar refractivity (Wildman–Crippen MR) is 72.0 cm³/mol. The summed E-state index contributed by atoms with van der Waals surface area (Å²) in [6.45, 7) is 11.0. The number of hydrogen-bond acceptors (Lipinski definition) is 3. The number of rotatable bonds is 9. The minimum atomic E-state index is -0.143. The van der Waals surface area contributed by atoms with Crippen molar-refractivity contribution in [3.63, 3.8) is 0 Å². The summed E-state index contributed by atoms with van der Waals surface area (Å²) >= 11 is 0. The molecular formula is C14H29NO2. The minimum Gasteiger partial charge on any atom is -0.465 e. The third-order valence-electron chi connectivity index (χ3n) is 3.37. The van der Waals surface area contributed by atoms with E-state index in [0.29, 0.717) is 18.6 Å². The van der Waals surface area contributed by atoms with Crippen LogP contribution in [0.4, 0.5) is 0 Å². The maximum atomic E-state index is 11.8. The minimum absolute atomic E-state index is 0.104. The summed E-state index contributed by atoms with van der Waals surface area (Å²) in [5.74, 6) is 0.524. The molecule has 3 heteroatoms. The van der Waals surface area contributed by atoms with Gasteiger partial charge in [0.05, 0.1) is 6.61 Å². The van der Waals surface area contributed by atoms with Crippen LogP contribution in [0.1, 0.15) is 60.3 Å².